The van der Waals surface area contributed by atoms with Crippen molar-refractivity contribution in [2.45, 2.75) is 0 Å². The Morgan fingerprint density at radius 2 is 1.80 bits per heavy atom. The molecule has 128 valence electrons. The molecule has 8 nitrogen and oxygen atoms in total. The molecule has 0 heterocycles. The third-order valence-corrected chi connectivity index (χ3v) is 3.33. The normalized spacial score (nSPS) is 9.80. The Balaban J connectivity index is 2.10. The molecule has 2 rings (SSSR count). The van der Waals surface area contributed by atoms with Crippen molar-refractivity contribution in [3.8, 4) is 0 Å². The highest BCUT2D eigenvalue weighted by atomic mass is 32.1. The Hall–Kier alpha value is -3.33. The van der Waals surface area contributed by atoms with E-state index < -0.39 is 16.8 Å². The first-order valence-corrected chi connectivity index (χ1v) is 7.37. The molecule has 25 heavy (non-hydrogen) atoms. The summed E-state index contributed by atoms with van der Waals surface area (Å²) in [6.45, 7) is 0. The van der Waals surface area contributed by atoms with Gasteiger partial charge in [-0.15, -0.1) is 0 Å². The van der Waals surface area contributed by atoms with E-state index in [2.05, 4.69) is 15.4 Å². The summed E-state index contributed by atoms with van der Waals surface area (Å²) in [5, 5.41) is 15.9. The van der Waals surface area contributed by atoms with Gasteiger partial charge in [0.05, 0.1) is 17.6 Å². The van der Waals surface area contributed by atoms with E-state index in [-0.39, 0.29) is 27.6 Å². The molecule has 0 saturated heterocycles. The molecule has 9 heteroatoms. The lowest BCUT2D eigenvalue weighted by Gasteiger charge is -2.10. The SMILES string of the molecule is COC(=O)c1cccc(C(=O)NC(=S)Nc2ccccc2[N+](=O)[O-])c1. The van der Waals surface area contributed by atoms with Crippen LogP contribution in [0.1, 0.15) is 20.7 Å². The number of ether oxygens (including phenoxy) is 1. The average Bonchev–Trinajstić information content (AvgIpc) is 2.61. The molecular formula is C16H13N3O5S. The fraction of sp³-hybridized carbons (Fsp3) is 0.0625. The molecule has 0 aromatic heterocycles. The second-order valence-corrected chi connectivity index (χ2v) is 5.16. The number of benzene rings is 2. The highest BCUT2D eigenvalue weighted by Gasteiger charge is 2.15. The third kappa shape index (κ3) is 4.58. The largest absolute Gasteiger partial charge is 0.465 e. The van der Waals surface area contributed by atoms with Gasteiger partial charge in [0.15, 0.2) is 5.11 Å². The topological polar surface area (TPSA) is 111 Å². The third-order valence-electron chi connectivity index (χ3n) is 3.12. The second kappa shape index (κ2) is 7.97. The number of para-hydroxylation sites is 2. The minimum Gasteiger partial charge on any atom is -0.465 e. The summed E-state index contributed by atoms with van der Waals surface area (Å²) in [6.07, 6.45) is 0. The standard InChI is InChI=1S/C16H13N3O5S/c1-24-15(21)11-6-4-5-10(9-11)14(20)18-16(25)17-12-7-2-3-8-13(12)19(22)23/h2-9H,1H3,(H2,17,18,20,25). The van der Waals surface area contributed by atoms with Gasteiger partial charge < -0.3 is 10.1 Å². The van der Waals surface area contributed by atoms with Crippen LogP contribution in [0.5, 0.6) is 0 Å². The van der Waals surface area contributed by atoms with Gasteiger partial charge in [-0.3, -0.25) is 20.2 Å². The Bertz CT molecular complexity index is 853. The van der Waals surface area contributed by atoms with E-state index in [0.717, 1.165) is 0 Å². The van der Waals surface area contributed by atoms with E-state index in [1.165, 1.54) is 49.6 Å². The molecule has 0 aliphatic heterocycles. The predicted molar refractivity (Wildman–Crippen MR) is 94.6 cm³/mol. The molecule has 0 saturated carbocycles. The molecule has 2 aromatic carbocycles. The molecule has 2 N–H and O–H groups in total. The fourth-order valence-corrected chi connectivity index (χ4v) is 2.18. The number of thiocarbonyl (C=S) groups is 1. The van der Waals surface area contributed by atoms with Gasteiger partial charge in [-0.25, -0.2) is 4.79 Å². The van der Waals surface area contributed by atoms with Gasteiger partial charge in [-0.1, -0.05) is 18.2 Å². The molecule has 0 unspecified atom stereocenters. The maximum atomic E-state index is 12.2. The lowest BCUT2D eigenvalue weighted by molar-refractivity contribution is -0.383. The van der Waals surface area contributed by atoms with Gasteiger partial charge in [0.25, 0.3) is 11.6 Å². The van der Waals surface area contributed by atoms with Crippen LogP contribution in [0.2, 0.25) is 0 Å². The highest BCUT2D eigenvalue weighted by Crippen LogP contribution is 2.22. The highest BCUT2D eigenvalue weighted by molar-refractivity contribution is 7.80. The summed E-state index contributed by atoms with van der Waals surface area (Å²) in [4.78, 5) is 34.1. The zero-order valence-corrected chi connectivity index (χ0v) is 13.8. The van der Waals surface area contributed by atoms with E-state index in [9.17, 15) is 19.7 Å². The van der Waals surface area contributed by atoms with Crippen molar-refractivity contribution in [1.82, 2.24) is 5.32 Å². The first-order chi connectivity index (χ1) is 11.9. The first-order valence-electron chi connectivity index (χ1n) is 6.96. The van der Waals surface area contributed by atoms with Crippen molar-refractivity contribution >= 4 is 40.6 Å². The summed E-state index contributed by atoms with van der Waals surface area (Å²) in [6, 6.07) is 11.8. The van der Waals surface area contributed by atoms with Crippen LogP contribution < -0.4 is 10.6 Å². The number of rotatable bonds is 4. The number of nitrogens with one attached hydrogen (secondary N) is 2. The van der Waals surface area contributed by atoms with Gasteiger partial charge in [-0.05, 0) is 36.5 Å². The molecule has 2 aromatic rings. The smallest absolute Gasteiger partial charge is 0.337 e. The van der Waals surface area contributed by atoms with E-state index in [4.69, 9.17) is 12.2 Å². The number of carbonyl (C=O) groups is 2. The number of hydrogen-bond donors (Lipinski definition) is 2. The minimum absolute atomic E-state index is 0.109. The summed E-state index contributed by atoms with van der Waals surface area (Å²) in [5.74, 6) is -1.14. The van der Waals surface area contributed by atoms with Crippen molar-refractivity contribution in [2.75, 3.05) is 12.4 Å². The van der Waals surface area contributed by atoms with Gasteiger partial charge in [-0.2, -0.15) is 0 Å². The molecule has 0 radical (unpaired) electrons. The maximum Gasteiger partial charge on any atom is 0.337 e. The minimum atomic E-state index is -0.574. The number of hydrogen-bond acceptors (Lipinski definition) is 6. The second-order valence-electron chi connectivity index (χ2n) is 4.75. The number of carbonyl (C=O) groups excluding carboxylic acids is 2. The van der Waals surface area contributed by atoms with Gasteiger partial charge in [0.2, 0.25) is 0 Å². The zero-order valence-electron chi connectivity index (χ0n) is 13.0. The summed E-state index contributed by atoms with van der Waals surface area (Å²) in [5.41, 5.74) is 0.384. The fourth-order valence-electron chi connectivity index (χ4n) is 1.97. The Morgan fingerprint density at radius 1 is 1.12 bits per heavy atom. The average molecular weight is 359 g/mol. The number of anilines is 1. The van der Waals surface area contributed by atoms with Gasteiger partial charge >= 0.3 is 5.97 Å². The van der Waals surface area contributed by atoms with Gasteiger partial charge in [0.1, 0.15) is 5.69 Å². The Kier molecular flexibility index (Phi) is 5.75. The molecule has 0 aliphatic carbocycles. The quantitative estimate of drug-likeness (QED) is 0.373. The van der Waals surface area contributed by atoms with Crippen molar-refractivity contribution < 1.29 is 19.2 Å². The maximum absolute atomic E-state index is 12.2. The number of methoxy groups -OCH3 is 1. The van der Waals surface area contributed by atoms with Crippen LogP contribution >= 0.6 is 12.2 Å². The molecule has 0 atom stereocenters. The van der Waals surface area contributed by atoms with E-state index in [1.54, 1.807) is 6.07 Å². The number of amides is 1. The molecule has 0 fully saturated rings. The zero-order chi connectivity index (χ0) is 18.4. The monoisotopic (exact) mass is 359 g/mol. The van der Waals surface area contributed by atoms with E-state index in [1.807, 2.05) is 0 Å². The van der Waals surface area contributed by atoms with Crippen LogP contribution in [0.4, 0.5) is 11.4 Å². The predicted octanol–water partition coefficient (Wildman–Crippen LogP) is 2.51. The Labute approximate surface area is 147 Å². The van der Waals surface area contributed by atoms with Crippen molar-refractivity contribution in [1.29, 1.82) is 0 Å². The molecule has 0 aliphatic rings. The van der Waals surface area contributed by atoms with Crippen molar-refractivity contribution in [2.24, 2.45) is 0 Å². The summed E-state index contributed by atoms with van der Waals surface area (Å²) in [7, 11) is 1.24. The van der Waals surface area contributed by atoms with Crippen LogP contribution in [0.25, 0.3) is 0 Å². The number of nitro benzene ring substituents is 1. The number of nitro groups is 1. The lowest BCUT2D eigenvalue weighted by Crippen LogP contribution is -2.34. The Morgan fingerprint density at radius 3 is 2.48 bits per heavy atom. The summed E-state index contributed by atoms with van der Waals surface area (Å²) < 4.78 is 4.59. The van der Waals surface area contributed by atoms with Crippen LogP contribution in [0, 0.1) is 10.1 Å². The van der Waals surface area contributed by atoms with Gasteiger partial charge in [0, 0.05) is 11.6 Å². The number of esters is 1. The van der Waals surface area contributed by atoms with Crippen LogP contribution in [0.15, 0.2) is 48.5 Å². The number of nitrogens with zero attached hydrogens (tertiary/aromatic N) is 1. The molecular weight excluding hydrogens is 346 g/mol. The molecule has 0 spiro atoms. The van der Waals surface area contributed by atoms with Crippen molar-refractivity contribution in [3.05, 3.63) is 69.8 Å². The van der Waals surface area contributed by atoms with Crippen LogP contribution in [-0.4, -0.2) is 29.0 Å². The lowest BCUT2D eigenvalue weighted by atomic mass is 10.1. The van der Waals surface area contributed by atoms with E-state index >= 15 is 0 Å². The summed E-state index contributed by atoms with van der Waals surface area (Å²) >= 11 is 5.01. The molecule has 0 bridgehead atoms. The molecule has 1 amide bonds. The van der Waals surface area contributed by atoms with Crippen LogP contribution in [-0.2, 0) is 4.74 Å². The van der Waals surface area contributed by atoms with Crippen molar-refractivity contribution in [3.63, 3.8) is 0 Å². The van der Waals surface area contributed by atoms with E-state index in [0.29, 0.717) is 0 Å². The van der Waals surface area contributed by atoms with Crippen LogP contribution in [0.3, 0.4) is 0 Å². The first kappa shape index (κ1) is 18.0.